The molecule has 1 heterocycles. The molecule has 0 saturated carbocycles. The Hall–Kier alpha value is -1.74. The van der Waals surface area contributed by atoms with Crippen LogP contribution in [0.25, 0.3) is 0 Å². The third-order valence-electron chi connectivity index (χ3n) is 3.61. The Balaban J connectivity index is 1.77. The Morgan fingerprint density at radius 2 is 1.69 bits per heavy atom. The van der Waals surface area contributed by atoms with E-state index in [-0.39, 0.29) is 30.3 Å². The van der Waals surface area contributed by atoms with E-state index in [2.05, 4.69) is 10.0 Å². The second-order valence-electron chi connectivity index (χ2n) is 5.58. The van der Waals surface area contributed by atoms with Gasteiger partial charge in [0.05, 0.1) is 15.0 Å². The SMILES string of the molecule is CNS(=O)(=O)Cc1ccc(CNC(=O)CCC(=O)c2ccc(Cl)s2)cc1. The summed E-state index contributed by atoms with van der Waals surface area (Å²) in [4.78, 5) is 24.4. The minimum atomic E-state index is -3.31. The van der Waals surface area contributed by atoms with Crippen LogP contribution in [0.3, 0.4) is 0 Å². The van der Waals surface area contributed by atoms with E-state index in [1.807, 2.05) is 0 Å². The first kappa shape index (κ1) is 20.6. The van der Waals surface area contributed by atoms with Crippen molar-refractivity contribution in [2.24, 2.45) is 0 Å². The first-order chi connectivity index (χ1) is 12.3. The Kier molecular flexibility index (Phi) is 7.33. The first-order valence-corrected chi connectivity index (χ1v) is 10.7. The topological polar surface area (TPSA) is 92.3 Å². The number of halogens is 1. The number of Topliss-reactive ketones (excluding diaryl/α,β-unsaturated/α-hetero) is 1. The van der Waals surface area contributed by atoms with Gasteiger partial charge in [0, 0.05) is 19.4 Å². The van der Waals surface area contributed by atoms with Gasteiger partial charge in [-0.25, -0.2) is 13.1 Å². The van der Waals surface area contributed by atoms with Crippen LogP contribution in [0.15, 0.2) is 36.4 Å². The number of carbonyl (C=O) groups excluding carboxylic acids is 2. The summed E-state index contributed by atoms with van der Waals surface area (Å²) in [5.74, 6) is -0.416. The summed E-state index contributed by atoms with van der Waals surface area (Å²) in [6.45, 7) is 0.316. The highest BCUT2D eigenvalue weighted by Gasteiger charge is 2.12. The van der Waals surface area contributed by atoms with Crippen LogP contribution in [-0.2, 0) is 27.1 Å². The van der Waals surface area contributed by atoms with Gasteiger partial charge in [0.2, 0.25) is 15.9 Å². The van der Waals surface area contributed by atoms with Crippen LogP contribution in [0, 0.1) is 0 Å². The molecule has 0 spiro atoms. The maximum atomic E-state index is 11.9. The lowest BCUT2D eigenvalue weighted by Gasteiger charge is -2.07. The van der Waals surface area contributed by atoms with Gasteiger partial charge in [0.1, 0.15) is 0 Å². The number of carbonyl (C=O) groups is 2. The van der Waals surface area contributed by atoms with Crippen molar-refractivity contribution in [3.8, 4) is 0 Å². The molecule has 0 saturated heterocycles. The third-order valence-corrected chi connectivity index (χ3v) is 6.22. The summed E-state index contributed by atoms with van der Waals surface area (Å²) in [5, 5.41) is 2.75. The van der Waals surface area contributed by atoms with Gasteiger partial charge in [0.25, 0.3) is 0 Å². The van der Waals surface area contributed by atoms with E-state index in [0.29, 0.717) is 21.3 Å². The highest BCUT2D eigenvalue weighted by atomic mass is 35.5. The Bertz CT molecular complexity index is 876. The van der Waals surface area contributed by atoms with E-state index in [9.17, 15) is 18.0 Å². The van der Waals surface area contributed by atoms with Crippen LogP contribution in [0.2, 0.25) is 4.34 Å². The number of hydrogen-bond acceptors (Lipinski definition) is 5. The number of rotatable bonds is 9. The lowest BCUT2D eigenvalue weighted by molar-refractivity contribution is -0.121. The second kappa shape index (κ2) is 9.27. The molecule has 0 radical (unpaired) electrons. The van der Waals surface area contributed by atoms with Crippen LogP contribution in [0.1, 0.15) is 33.6 Å². The van der Waals surface area contributed by atoms with Crippen LogP contribution in [0.4, 0.5) is 0 Å². The summed E-state index contributed by atoms with van der Waals surface area (Å²) in [5.41, 5.74) is 1.51. The normalized spacial score (nSPS) is 11.3. The van der Waals surface area contributed by atoms with Crippen molar-refractivity contribution in [3.05, 3.63) is 56.7 Å². The molecule has 26 heavy (non-hydrogen) atoms. The fraction of sp³-hybridized carbons (Fsp3) is 0.294. The fourth-order valence-corrected chi connectivity index (χ4v) is 3.93. The number of sulfonamides is 1. The fourth-order valence-electron chi connectivity index (χ4n) is 2.15. The van der Waals surface area contributed by atoms with Crippen molar-refractivity contribution in [2.45, 2.75) is 25.1 Å². The van der Waals surface area contributed by atoms with Crippen LogP contribution in [0.5, 0.6) is 0 Å². The predicted octanol–water partition coefficient (Wildman–Crippen LogP) is 2.73. The van der Waals surface area contributed by atoms with Crippen LogP contribution < -0.4 is 10.0 Å². The van der Waals surface area contributed by atoms with E-state index in [0.717, 1.165) is 5.56 Å². The largest absolute Gasteiger partial charge is 0.352 e. The summed E-state index contributed by atoms with van der Waals surface area (Å²) >= 11 is 6.99. The summed E-state index contributed by atoms with van der Waals surface area (Å²) in [6.07, 6.45) is 0.232. The zero-order chi connectivity index (χ0) is 19.2. The van der Waals surface area contributed by atoms with Gasteiger partial charge < -0.3 is 5.32 Å². The van der Waals surface area contributed by atoms with Gasteiger partial charge in [-0.2, -0.15) is 0 Å². The minimum Gasteiger partial charge on any atom is -0.352 e. The molecule has 0 bridgehead atoms. The highest BCUT2D eigenvalue weighted by Crippen LogP contribution is 2.22. The van der Waals surface area contributed by atoms with Crippen molar-refractivity contribution in [1.29, 1.82) is 0 Å². The van der Waals surface area contributed by atoms with Gasteiger partial charge in [-0.1, -0.05) is 35.9 Å². The molecule has 0 aliphatic rings. The number of ketones is 1. The lowest BCUT2D eigenvalue weighted by Crippen LogP contribution is -2.23. The number of benzene rings is 1. The van der Waals surface area contributed by atoms with Crippen molar-refractivity contribution in [3.63, 3.8) is 0 Å². The molecular formula is C17H19ClN2O4S2. The van der Waals surface area contributed by atoms with E-state index >= 15 is 0 Å². The molecule has 0 unspecified atom stereocenters. The quantitative estimate of drug-likeness (QED) is 0.617. The van der Waals surface area contributed by atoms with E-state index in [1.165, 1.54) is 18.4 Å². The predicted molar refractivity (Wildman–Crippen MR) is 103 cm³/mol. The van der Waals surface area contributed by atoms with Crippen molar-refractivity contribution in [2.75, 3.05) is 7.05 Å². The molecule has 0 fully saturated rings. The van der Waals surface area contributed by atoms with Gasteiger partial charge in [-0.15, -0.1) is 11.3 Å². The average molecular weight is 415 g/mol. The molecule has 0 aliphatic heterocycles. The van der Waals surface area contributed by atoms with E-state index in [4.69, 9.17) is 11.6 Å². The molecule has 2 rings (SSSR count). The van der Waals surface area contributed by atoms with Gasteiger partial charge >= 0.3 is 0 Å². The first-order valence-electron chi connectivity index (χ1n) is 7.83. The molecule has 1 aromatic carbocycles. The van der Waals surface area contributed by atoms with Crippen molar-refractivity contribution in [1.82, 2.24) is 10.0 Å². The minimum absolute atomic E-state index is 0.0923. The van der Waals surface area contributed by atoms with E-state index < -0.39 is 10.0 Å². The molecule has 1 aromatic heterocycles. The molecule has 2 aromatic rings. The molecule has 2 N–H and O–H groups in total. The highest BCUT2D eigenvalue weighted by molar-refractivity contribution is 7.88. The maximum Gasteiger partial charge on any atom is 0.220 e. The monoisotopic (exact) mass is 414 g/mol. The zero-order valence-corrected chi connectivity index (χ0v) is 16.5. The smallest absolute Gasteiger partial charge is 0.220 e. The Morgan fingerprint density at radius 3 is 2.27 bits per heavy atom. The summed E-state index contributed by atoms with van der Waals surface area (Å²) in [7, 11) is -1.94. The standard InChI is InChI=1S/C17H19ClN2O4S2/c1-19-26(23,24)11-13-4-2-12(3-5-13)10-20-17(22)9-6-14(21)15-7-8-16(18)25-15/h2-5,7-8,19H,6,9-11H2,1H3,(H,20,22). The summed E-state index contributed by atoms with van der Waals surface area (Å²) < 4.78 is 25.8. The zero-order valence-electron chi connectivity index (χ0n) is 14.1. The van der Waals surface area contributed by atoms with Crippen LogP contribution in [-0.4, -0.2) is 27.2 Å². The van der Waals surface area contributed by atoms with Gasteiger partial charge in [-0.3, -0.25) is 9.59 Å². The van der Waals surface area contributed by atoms with Gasteiger partial charge in [0.15, 0.2) is 5.78 Å². The van der Waals surface area contributed by atoms with E-state index in [1.54, 1.807) is 36.4 Å². The van der Waals surface area contributed by atoms with Crippen molar-refractivity contribution >= 4 is 44.7 Å². The summed E-state index contributed by atoms with van der Waals surface area (Å²) in [6, 6.07) is 10.3. The second-order valence-corrected chi connectivity index (χ2v) is 9.22. The molecule has 1 amide bonds. The van der Waals surface area contributed by atoms with Gasteiger partial charge in [-0.05, 0) is 30.3 Å². The molecular weight excluding hydrogens is 396 g/mol. The molecule has 0 atom stereocenters. The molecule has 0 aliphatic carbocycles. The number of nitrogens with one attached hydrogen (secondary N) is 2. The lowest BCUT2D eigenvalue weighted by atomic mass is 10.1. The maximum absolute atomic E-state index is 11.9. The molecule has 9 heteroatoms. The van der Waals surface area contributed by atoms with Crippen molar-refractivity contribution < 1.29 is 18.0 Å². The average Bonchev–Trinajstić information content (AvgIpc) is 3.05. The van der Waals surface area contributed by atoms with Crippen LogP contribution >= 0.6 is 22.9 Å². The number of hydrogen-bond donors (Lipinski definition) is 2. The molecule has 6 nitrogen and oxygen atoms in total. The number of amides is 1. The third kappa shape index (κ3) is 6.53. The Morgan fingerprint density at radius 1 is 1.04 bits per heavy atom. The Labute approximate surface area is 161 Å². The number of thiophene rings is 1. The molecule has 140 valence electrons.